The molecule has 0 fully saturated rings. The molecule has 2 aromatic heterocycles. The summed E-state index contributed by atoms with van der Waals surface area (Å²) in [5.41, 5.74) is -0.521. The molecule has 0 aliphatic carbocycles. The Labute approximate surface area is 135 Å². The third kappa shape index (κ3) is 3.95. The number of nitrogens with zero attached hydrogens (tertiary/aromatic N) is 2. The maximum atomic E-state index is 11.8. The van der Waals surface area contributed by atoms with Crippen molar-refractivity contribution in [2.45, 2.75) is 6.54 Å². The number of amides is 2. The smallest absolute Gasteiger partial charge is 0.330 e. The standard InChI is InChI=1S/C14H16N4O4S/c1-17-9(6-12(20)18(2)14(17)22)7-15-11(19)8-16-13(21)10-4-3-5-23-10/h3-6H,7-8H2,1-2H3,(H,15,19)(H,16,21). The van der Waals surface area contributed by atoms with Crippen LogP contribution in [-0.2, 0) is 25.4 Å². The number of aromatic nitrogens is 2. The van der Waals surface area contributed by atoms with Gasteiger partial charge in [-0.3, -0.25) is 23.5 Å². The van der Waals surface area contributed by atoms with Gasteiger partial charge in [0.05, 0.1) is 18.0 Å². The molecule has 0 aliphatic rings. The third-order valence-electron chi connectivity index (χ3n) is 3.25. The van der Waals surface area contributed by atoms with E-state index in [2.05, 4.69) is 10.6 Å². The lowest BCUT2D eigenvalue weighted by Crippen LogP contribution is -2.41. The minimum Gasteiger partial charge on any atom is -0.349 e. The zero-order valence-corrected chi connectivity index (χ0v) is 13.5. The fourth-order valence-corrected chi connectivity index (χ4v) is 2.50. The van der Waals surface area contributed by atoms with E-state index in [1.54, 1.807) is 17.5 Å². The first-order chi connectivity index (χ1) is 10.9. The van der Waals surface area contributed by atoms with E-state index in [1.807, 2.05) is 0 Å². The van der Waals surface area contributed by atoms with Crippen LogP contribution in [0, 0.1) is 0 Å². The van der Waals surface area contributed by atoms with Crippen LogP contribution in [0.15, 0.2) is 33.2 Å². The van der Waals surface area contributed by atoms with E-state index < -0.39 is 17.2 Å². The fourth-order valence-electron chi connectivity index (χ4n) is 1.85. The predicted octanol–water partition coefficient (Wildman–Crippen LogP) is -0.808. The van der Waals surface area contributed by atoms with E-state index in [0.29, 0.717) is 10.6 Å². The van der Waals surface area contributed by atoms with Crippen molar-refractivity contribution in [2.24, 2.45) is 14.1 Å². The van der Waals surface area contributed by atoms with E-state index in [9.17, 15) is 19.2 Å². The fraction of sp³-hybridized carbons (Fsp3) is 0.286. The van der Waals surface area contributed by atoms with E-state index in [4.69, 9.17) is 0 Å². The van der Waals surface area contributed by atoms with Crippen LogP contribution in [0.5, 0.6) is 0 Å². The SMILES string of the molecule is Cn1c(CNC(=O)CNC(=O)c2cccs2)cc(=O)n(C)c1=O. The zero-order valence-electron chi connectivity index (χ0n) is 12.7. The van der Waals surface area contributed by atoms with Gasteiger partial charge < -0.3 is 10.6 Å². The van der Waals surface area contributed by atoms with E-state index in [0.717, 1.165) is 4.57 Å². The quantitative estimate of drug-likeness (QED) is 0.745. The molecule has 0 bridgehead atoms. The van der Waals surface area contributed by atoms with Crippen LogP contribution in [0.2, 0.25) is 0 Å². The lowest BCUT2D eigenvalue weighted by Gasteiger charge is -2.10. The van der Waals surface area contributed by atoms with E-state index in [-0.39, 0.29) is 19.0 Å². The van der Waals surface area contributed by atoms with Crippen molar-refractivity contribution in [3.63, 3.8) is 0 Å². The highest BCUT2D eigenvalue weighted by Crippen LogP contribution is 2.07. The Morgan fingerprint density at radius 3 is 2.57 bits per heavy atom. The Hall–Kier alpha value is -2.68. The van der Waals surface area contributed by atoms with Crippen LogP contribution in [0.3, 0.4) is 0 Å². The van der Waals surface area contributed by atoms with Crippen molar-refractivity contribution in [3.8, 4) is 0 Å². The molecule has 0 saturated heterocycles. The first-order valence-electron chi connectivity index (χ1n) is 6.74. The van der Waals surface area contributed by atoms with Gasteiger partial charge in [0.25, 0.3) is 11.5 Å². The molecule has 2 rings (SSSR count). The van der Waals surface area contributed by atoms with Gasteiger partial charge in [0.15, 0.2) is 0 Å². The minimum atomic E-state index is -0.465. The van der Waals surface area contributed by atoms with Crippen molar-refractivity contribution < 1.29 is 9.59 Å². The molecule has 0 aliphatic heterocycles. The van der Waals surface area contributed by atoms with Crippen molar-refractivity contribution in [2.75, 3.05) is 6.54 Å². The van der Waals surface area contributed by atoms with Gasteiger partial charge in [-0.25, -0.2) is 4.79 Å². The van der Waals surface area contributed by atoms with Crippen LogP contribution in [0.25, 0.3) is 0 Å². The van der Waals surface area contributed by atoms with Crippen molar-refractivity contribution in [1.29, 1.82) is 0 Å². The Bertz CT molecular complexity index is 835. The molecule has 8 nitrogen and oxygen atoms in total. The van der Waals surface area contributed by atoms with Gasteiger partial charge >= 0.3 is 5.69 Å². The Morgan fingerprint density at radius 2 is 1.91 bits per heavy atom. The highest BCUT2D eigenvalue weighted by molar-refractivity contribution is 7.12. The molecule has 0 saturated carbocycles. The predicted molar refractivity (Wildman–Crippen MR) is 85.4 cm³/mol. The number of hydrogen-bond acceptors (Lipinski definition) is 5. The third-order valence-corrected chi connectivity index (χ3v) is 4.12. The number of rotatable bonds is 5. The highest BCUT2D eigenvalue weighted by Gasteiger charge is 2.10. The van der Waals surface area contributed by atoms with Gasteiger partial charge in [-0.2, -0.15) is 0 Å². The van der Waals surface area contributed by atoms with E-state index in [1.165, 1.54) is 36.1 Å². The van der Waals surface area contributed by atoms with Crippen LogP contribution >= 0.6 is 11.3 Å². The molecule has 0 radical (unpaired) electrons. The first kappa shape index (κ1) is 16.7. The summed E-state index contributed by atoms with van der Waals surface area (Å²) in [6.45, 7) is -0.162. The molecular weight excluding hydrogens is 320 g/mol. The van der Waals surface area contributed by atoms with E-state index >= 15 is 0 Å². The zero-order chi connectivity index (χ0) is 17.0. The second kappa shape index (κ2) is 7.05. The lowest BCUT2D eigenvalue weighted by atomic mass is 10.3. The molecule has 0 aromatic carbocycles. The summed E-state index contributed by atoms with van der Waals surface area (Å²) in [4.78, 5) is 47.3. The van der Waals surface area contributed by atoms with Crippen molar-refractivity contribution in [3.05, 3.63) is 55.0 Å². The minimum absolute atomic E-state index is 0.0233. The molecule has 2 heterocycles. The second-order valence-electron chi connectivity index (χ2n) is 4.81. The molecule has 9 heteroatoms. The number of hydrogen-bond donors (Lipinski definition) is 2. The van der Waals surface area contributed by atoms with Crippen LogP contribution in [0.1, 0.15) is 15.4 Å². The summed E-state index contributed by atoms with van der Waals surface area (Å²) in [5, 5.41) is 6.82. The molecule has 23 heavy (non-hydrogen) atoms. The van der Waals surface area contributed by atoms with Gasteiger partial charge in [0.1, 0.15) is 0 Å². The van der Waals surface area contributed by atoms with Crippen LogP contribution in [0.4, 0.5) is 0 Å². The maximum absolute atomic E-state index is 11.8. The topological polar surface area (TPSA) is 102 Å². The monoisotopic (exact) mass is 336 g/mol. The van der Waals surface area contributed by atoms with Crippen LogP contribution < -0.4 is 21.9 Å². The van der Waals surface area contributed by atoms with Crippen LogP contribution in [-0.4, -0.2) is 27.5 Å². The molecule has 0 unspecified atom stereocenters. The Kier molecular flexibility index (Phi) is 5.12. The number of carbonyl (C=O) groups is 2. The Morgan fingerprint density at radius 1 is 1.17 bits per heavy atom. The maximum Gasteiger partial charge on any atom is 0.330 e. The summed E-state index contributed by atoms with van der Waals surface area (Å²) < 4.78 is 2.26. The normalized spacial score (nSPS) is 10.3. The molecule has 2 aromatic rings. The number of carbonyl (C=O) groups excluding carboxylic acids is 2. The van der Waals surface area contributed by atoms with Gasteiger partial charge in [-0.1, -0.05) is 6.07 Å². The molecule has 122 valence electrons. The second-order valence-corrected chi connectivity index (χ2v) is 5.76. The average molecular weight is 336 g/mol. The summed E-state index contributed by atoms with van der Waals surface area (Å²) in [7, 11) is 2.90. The molecule has 0 atom stereocenters. The molecular formula is C14H16N4O4S. The largest absolute Gasteiger partial charge is 0.349 e. The summed E-state index contributed by atoms with van der Waals surface area (Å²) in [6.07, 6.45) is 0. The summed E-state index contributed by atoms with van der Waals surface area (Å²) in [5.74, 6) is -0.737. The van der Waals surface area contributed by atoms with Crippen molar-refractivity contribution in [1.82, 2.24) is 19.8 Å². The summed E-state index contributed by atoms with van der Waals surface area (Å²) in [6, 6.07) is 4.69. The molecule has 2 amide bonds. The molecule has 0 spiro atoms. The highest BCUT2D eigenvalue weighted by atomic mass is 32.1. The number of nitrogens with one attached hydrogen (secondary N) is 2. The van der Waals surface area contributed by atoms with Gasteiger partial charge in [0, 0.05) is 25.9 Å². The Balaban J connectivity index is 1.91. The van der Waals surface area contributed by atoms with Gasteiger partial charge in [-0.05, 0) is 11.4 Å². The van der Waals surface area contributed by atoms with Gasteiger partial charge in [-0.15, -0.1) is 11.3 Å². The number of thiophene rings is 1. The average Bonchev–Trinajstić information content (AvgIpc) is 3.07. The van der Waals surface area contributed by atoms with Gasteiger partial charge in [0.2, 0.25) is 5.91 Å². The van der Waals surface area contributed by atoms with Crippen molar-refractivity contribution >= 4 is 23.2 Å². The lowest BCUT2D eigenvalue weighted by molar-refractivity contribution is -0.120. The summed E-state index contributed by atoms with van der Waals surface area (Å²) >= 11 is 1.28. The first-order valence-corrected chi connectivity index (χ1v) is 7.62. The molecule has 2 N–H and O–H groups in total.